The predicted molar refractivity (Wildman–Crippen MR) is 109 cm³/mol. The molecule has 2 N–H and O–H groups in total. The molecular formula is C23H31NO6. The number of carboxylic acids is 1. The molecule has 30 heavy (non-hydrogen) atoms. The number of phenols is 1. The number of aliphatic carboxylic acids is 1. The number of aromatic hydroxyl groups is 1. The third-order valence-electron chi connectivity index (χ3n) is 6.84. The van der Waals surface area contributed by atoms with Gasteiger partial charge in [-0.3, -0.25) is 9.59 Å². The highest BCUT2D eigenvalue weighted by molar-refractivity contribution is 5.79. The van der Waals surface area contributed by atoms with Crippen LogP contribution in [0.1, 0.15) is 65.0 Å². The van der Waals surface area contributed by atoms with E-state index in [0.717, 1.165) is 18.4 Å². The Morgan fingerprint density at radius 3 is 2.70 bits per heavy atom. The van der Waals surface area contributed by atoms with Gasteiger partial charge in [-0.1, -0.05) is 26.0 Å². The molecule has 0 saturated carbocycles. The number of rotatable bonds is 4. The number of benzene rings is 1. The fourth-order valence-electron chi connectivity index (χ4n) is 5.38. The first kappa shape index (κ1) is 21.0. The Balaban J connectivity index is 1.55. The molecule has 4 rings (SSSR count). The first-order valence-corrected chi connectivity index (χ1v) is 10.7. The number of phenolic OH excluding ortho intramolecular Hbond substituents is 1. The Labute approximate surface area is 177 Å². The van der Waals surface area contributed by atoms with Gasteiger partial charge >= 0.3 is 5.97 Å². The number of amides is 1. The smallest absolute Gasteiger partial charge is 0.303 e. The predicted octanol–water partition coefficient (Wildman–Crippen LogP) is 3.50. The van der Waals surface area contributed by atoms with Gasteiger partial charge in [0.2, 0.25) is 5.91 Å². The zero-order chi connectivity index (χ0) is 21.8. The highest BCUT2D eigenvalue weighted by atomic mass is 16.5. The summed E-state index contributed by atoms with van der Waals surface area (Å²) >= 11 is 0. The molecule has 3 heterocycles. The Morgan fingerprint density at radius 2 is 2.00 bits per heavy atom. The first-order valence-electron chi connectivity index (χ1n) is 10.7. The number of nitrogens with zero attached hydrogens (tertiary/aromatic N) is 1. The van der Waals surface area contributed by atoms with Gasteiger partial charge < -0.3 is 24.6 Å². The number of hydrogen-bond donors (Lipinski definition) is 2. The summed E-state index contributed by atoms with van der Waals surface area (Å²) < 4.78 is 12.7. The van der Waals surface area contributed by atoms with Crippen molar-refractivity contribution in [1.29, 1.82) is 0 Å². The average Bonchev–Trinajstić information content (AvgIpc) is 3.03. The van der Waals surface area contributed by atoms with Gasteiger partial charge in [0.05, 0.1) is 24.7 Å². The second kappa shape index (κ2) is 7.15. The largest absolute Gasteiger partial charge is 0.504 e. The standard InChI is InChI=1S/C23H31NO6/c1-22(2,12-19(27)28)11-18(26)24-9-8-17-15(24)10-14-20(29-17)13-6-5-7-16(25)21(13)30-23(14,3)4/h5-7,14-15,17,20,25H,8-12H2,1-4H3,(H,27,28)/t14-,15+,17-,20+/m1/s1. The number of carbonyl (C=O) groups is 2. The lowest BCUT2D eigenvalue weighted by Gasteiger charge is -2.50. The highest BCUT2D eigenvalue weighted by Crippen LogP contribution is 2.54. The van der Waals surface area contributed by atoms with Gasteiger partial charge in [-0.25, -0.2) is 0 Å². The summed E-state index contributed by atoms with van der Waals surface area (Å²) in [5.74, 6) is -0.256. The van der Waals surface area contributed by atoms with Crippen LogP contribution in [0.25, 0.3) is 0 Å². The summed E-state index contributed by atoms with van der Waals surface area (Å²) in [6.07, 6.45) is 1.42. The summed E-state index contributed by atoms with van der Waals surface area (Å²) in [5.41, 5.74) is -0.283. The van der Waals surface area contributed by atoms with E-state index < -0.39 is 17.0 Å². The molecule has 0 unspecified atom stereocenters. The Kier molecular flexibility index (Phi) is 5.00. The quantitative estimate of drug-likeness (QED) is 0.778. The lowest BCUT2D eigenvalue weighted by Crippen LogP contribution is -2.54. The summed E-state index contributed by atoms with van der Waals surface area (Å²) in [5, 5.41) is 19.4. The van der Waals surface area contributed by atoms with Gasteiger partial charge in [0, 0.05) is 24.4 Å². The van der Waals surface area contributed by atoms with E-state index in [0.29, 0.717) is 12.3 Å². The summed E-state index contributed by atoms with van der Waals surface area (Å²) in [4.78, 5) is 26.1. The molecule has 1 aromatic carbocycles. The molecule has 2 saturated heterocycles. The number of carboxylic acid groups (broad SMARTS) is 1. The van der Waals surface area contributed by atoms with Crippen LogP contribution in [-0.2, 0) is 14.3 Å². The fraction of sp³-hybridized carbons (Fsp3) is 0.652. The van der Waals surface area contributed by atoms with Crippen molar-refractivity contribution in [3.8, 4) is 11.5 Å². The van der Waals surface area contributed by atoms with Gasteiger partial charge in [-0.05, 0) is 38.2 Å². The van der Waals surface area contributed by atoms with E-state index >= 15 is 0 Å². The highest BCUT2D eigenvalue weighted by Gasteiger charge is 2.54. The lowest BCUT2D eigenvalue weighted by atomic mass is 9.73. The Morgan fingerprint density at radius 1 is 1.27 bits per heavy atom. The van der Waals surface area contributed by atoms with E-state index in [2.05, 4.69) is 0 Å². The maximum absolute atomic E-state index is 13.1. The molecule has 3 aliphatic rings. The molecule has 3 aliphatic heterocycles. The van der Waals surface area contributed by atoms with Crippen LogP contribution < -0.4 is 4.74 Å². The van der Waals surface area contributed by atoms with Gasteiger partial charge in [0.15, 0.2) is 11.5 Å². The van der Waals surface area contributed by atoms with E-state index in [-0.39, 0.29) is 48.7 Å². The minimum Gasteiger partial charge on any atom is -0.504 e. The third kappa shape index (κ3) is 3.64. The average molecular weight is 418 g/mol. The van der Waals surface area contributed by atoms with Crippen molar-refractivity contribution in [2.75, 3.05) is 6.54 Å². The number of carbonyl (C=O) groups excluding carboxylic acids is 1. The van der Waals surface area contributed by atoms with E-state index in [1.807, 2.05) is 38.7 Å². The first-order chi connectivity index (χ1) is 14.0. The fourth-order valence-corrected chi connectivity index (χ4v) is 5.38. The SMILES string of the molecule is CC(C)(CC(=O)O)CC(=O)N1CC[C@H]2O[C@H]3c4cccc(O)c4OC(C)(C)[C@@H]3C[C@@H]21. The van der Waals surface area contributed by atoms with Gasteiger partial charge in [0.25, 0.3) is 0 Å². The molecule has 164 valence electrons. The molecule has 2 fully saturated rings. The lowest BCUT2D eigenvalue weighted by molar-refractivity contribution is -0.168. The van der Waals surface area contributed by atoms with Crippen LogP contribution in [0.2, 0.25) is 0 Å². The number of hydrogen-bond acceptors (Lipinski definition) is 5. The molecule has 7 nitrogen and oxygen atoms in total. The molecule has 1 aromatic rings. The number of para-hydroxylation sites is 1. The monoisotopic (exact) mass is 417 g/mol. The molecule has 1 amide bonds. The number of ether oxygens (including phenoxy) is 2. The number of likely N-dealkylation sites (tertiary alicyclic amines) is 1. The number of fused-ring (bicyclic) bond motifs is 4. The molecule has 7 heteroatoms. The molecule has 0 aromatic heterocycles. The zero-order valence-electron chi connectivity index (χ0n) is 18.1. The molecule has 0 bridgehead atoms. The molecule has 4 atom stereocenters. The van der Waals surface area contributed by atoms with Crippen molar-refractivity contribution in [1.82, 2.24) is 4.90 Å². The van der Waals surface area contributed by atoms with Crippen LogP contribution in [-0.4, -0.2) is 51.3 Å². The summed E-state index contributed by atoms with van der Waals surface area (Å²) in [7, 11) is 0. The van der Waals surface area contributed by atoms with Crippen LogP contribution in [0, 0.1) is 11.3 Å². The minimum absolute atomic E-state index is 0.0108. The van der Waals surface area contributed by atoms with E-state index in [4.69, 9.17) is 14.6 Å². The van der Waals surface area contributed by atoms with E-state index in [1.54, 1.807) is 12.1 Å². The van der Waals surface area contributed by atoms with Crippen LogP contribution in [0.3, 0.4) is 0 Å². The van der Waals surface area contributed by atoms with Crippen molar-refractivity contribution in [2.24, 2.45) is 11.3 Å². The summed E-state index contributed by atoms with van der Waals surface area (Å²) in [6.45, 7) is 8.26. The second-order valence-electron chi connectivity index (χ2n) is 10.2. The third-order valence-corrected chi connectivity index (χ3v) is 6.84. The Bertz CT molecular complexity index is 863. The molecule has 0 radical (unpaired) electrons. The second-order valence-corrected chi connectivity index (χ2v) is 10.2. The Hall–Kier alpha value is -2.28. The van der Waals surface area contributed by atoms with Crippen molar-refractivity contribution in [3.63, 3.8) is 0 Å². The van der Waals surface area contributed by atoms with Gasteiger partial charge in [0.1, 0.15) is 5.60 Å². The van der Waals surface area contributed by atoms with Crippen LogP contribution >= 0.6 is 0 Å². The van der Waals surface area contributed by atoms with Gasteiger partial charge in [-0.2, -0.15) is 0 Å². The molecular weight excluding hydrogens is 386 g/mol. The van der Waals surface area contributed by atoms with Crippen LogP contribution in [0.4, 0.5) is 0 Å². The minimum atomic E-state index is -0.890. The normalized spacial score (nSPS) is 29.4. The maximum atomic E-state index is 13.1. The van der Waals surface area contributed by atoms with Crippen LogP contribution in [0.5, 0.6) is 11.5 Å². The van der Waals surface area contributed by atoms with Crippen molar-refractivity contribution in [2.45, 2.75) is 77.2 Å². The summed E-state index contributed by atoms with van der Waals surface area (Å²) in [6, 6.07) is 5.32. The topological polar surface area (TPSA) is 96.3 Å². The maximum Gasteiger partial charge on any atom is 0.303 e. The van der Waals surface area contributed by atoms with Gasteiger partial charge in [-0.15, -0.1) is 0 Å². The van der Waals surface area contributed by atoms with Crippen molar-refractivity contribution >= 4 is 11.9 Å². The molecule has 0 aliphatic carbocycles. The van der Waals surface area contributed by atoms with Crippen molar-refractivity contribution in [3.05, 3.63) is 23.8 Å². The zero-order valence-corrected chi connectivity index (χ0v) is 18.1. The van der Waals surface area contributed by atoms with Crippen molar-refractivity contribution < 1.29 is 29.3 Å². The van der Waals surface area contributed by atoms with E-state index in [1.165, 1.54) is 0 Å². The molecule has 0 spiro atoms. The van der Waals surface area contributed by atoms with E-state index in [9.17, 15) is 14.7 Å². The van der Waals surface area contributed by atoms with Crippen LogP contribution in [0.15, 0.2) is 18.2 Å².